The number of alkyl halides is 3. The predicted octanol–water partition coefficient (Wildman–Crippen LogP) is 3.04. The Morgan fingerprint density at radius 1 is 1.07 bits per heavy atom. The zero-order valence-electron chi connectivity index (χ0n) is 16.0. The number of hydrogen-bond donors (Lipinski definition) is 0. The van der Waals surface area contributed by atoms with Gasteiger partial charge < -0.3 is 9.64 Å². The van der Waals surface area contributed by atoms with Crippen molar-refractivity contribution in [2.75, 3.05) is 32.8 Å². The molecule has 0 atom stereocenters. The van der Waals surface area contributed by atoms with Crippen LogP contribution in [-0.2, 0) is 14.8 Å². The Kier molecular flexibility index (Phi) is 6.85. The average molecular weight is 434 g/mol. The minimum Gasteiger partial charge on any atom is -0.381 e. The van der Waals surface area contributed by atoms with Gasteiger partial charge in [-0.3, -0.25) is 4.79 Å². The van der Waals surface area contributed by atoms with Crippen molar-refractivity contribution in [3.05, 3.63) is 29.8 Å². The molecule has 2 heterocycles. The SMILES string of the molecule is O=C(c1ccc(S(=O)(=O)N2CCCCC2)cc1)N(CC(F)(F)F)C1CCOCC1. The molecule has 2 aliphatic heterocycles. The minimum atomic E-state index is -4.52. The Labute approximate surface area is 168 Å². The summed E-state index contributed by atoms with van der Waals surface area (Å²) in [6, 6.07) is 4.62. The summed E-state index contributed by atoms with van der Waals surface area (Å²) < 4.78 is 71.2. The first-order chi connectivity index (χ1) is 13.7. The number of halogens is 3. The normalized spacial score (nSPS) is 19.8. The van der Waals surface area contributed by atoms with Crippen molar-refractivity contribution in [1.29, 1.82) is 0 Å². The molecule has 2 fully saturated rings. The van der Waals surface area contributed by atoms with Crippen molar-refractivity contribution in [1.82, 2.24) is 9.21 Å². The van der Waals surface area contributed by atoms with Crippen LogP contribution in [0, 0.1) is 0 Å². The molecule has 2 aliphatic rings. The summed E-state index contributed by atoms with van der Waals surface area (Å²) in [6.45, 7) is 0.168. The highest BCUT2D eigenvalue weighted by molar-refractivity contribution is 7.89. The fourth-order valence-electron chi connectivity index (χ4n) is 3.75. The van der Waals surface area contributed by atoms with E-state index in [1.54, 1.807) is 0 Å². The van der Waals surface area contributed by atoms with Crippen LogP contribution >= 0.6 is 0 Å². The minimum absolute atomic E-state index is 0.0401. The van der Waals surface area contributed by atoms with E-state index in [1.165, 1.54) is 28.6 Å². The third-order valence-corrected chi connectivity index (χ3v) is 7.21. The van der Waals surface area contributed by atoms with E-state index in [0.717, 1.165) is 24.2 Å². The van der Waals surface area contributed by atoms with E-state index >= 15 is 0 Å². The van der Waals surface area contributed by atoms with Gasteiger partial charge in [-0.1, -0.05) is 6.42 Å². The first-order valence-corrected chi connectivity index (χ1v) is 11.2. The molecule has 0 aromatic heterocycles. The van der Waals surface area contributed by atoms with E-state index in [1.807, 2.05) is 0 Å². The molecule has 0 saturated carbocycles. The lowest BCUT2D eigenvalue weighted by Gasteiger charge is -2.35. The highest BCUT2D eigenvalue weighted by Gasteiger charge is 2.37. The average Bonchev–Trinajstić information content (AvgIpc) is 2.72. The molecule has 1 aromatic carbocycles. The maximum atomic E-state index is 13.1. The van der Waals surface area contributed by atoms with E-state index in [-0.39, 0.29) is 10.5 Å². The molecule has 0 spiro atoms. The van der Waals surface area contributed by atoms with Crippen LogP contribution in [0.15, 0.2) is 29.2 Å². The Bertz CT molecular complexity index is 800. The first kappa shape index (κ1) is 22.0. The molecular weight excluding hydrogens is 409 g/mol. The molecule has 0 unspecified atom stereocenters. The number of sulfonamides is 1. The van der Waals surface area contributed by atoms with Crippen LogP contribution in [0.25, 0.3) is 0 Å². The summed E-state index contributed by atoms with van der Waals surface area (Å²) in [7, 11) is -3.66. The largest absolute Gasteiger partial charge is 0.406 e. The van der Waals surface area contributed by atoms with Crippen LogP contribution in [-0.4, -0.2) is 68.6 Å². The summed E-state index contributed by atoms with van der Waals surface area (Å²) in [5, 5.41) is 0. The number of ether oxygens (including phenoxy) is 1. The molecule has 3 rings (SSSR count). The summed E-state index contributed by atoms with van der Waals surface area (Å²) in [5.41, 5.74) is 0.0401. The first-order valence-electron chi connectivity index (χ1n) is 9.74. The predicted molar refractivity (Wildman–Crippen MR) is 100.0 cm³/mol. The fraction of sp³-hybridized carbons (Fsp3) is 0.632. The maximum Gasteiger partial charge on any atom is 0.406 e. The van der Waals surface area contributed by atoms with Crippen molar-refractivity contribution in [2.45, 2.75) is 49.2 Å². The van der Waals surface area contributed by atoms with Gasteiger partial charge in [-0.2, -0.15) is 17.5 Å². The molecule has 1 aromatic rings. The van der Waals surface area contributed by atoms with E-state index in [4.69, 9.17) is 4.74 Å². The fourth-order valence-corrected chi connectivity index (χ4v) is 5.26. The quantitative estimate of drug-likeness (QED) is 0.715. The third-order valence-electron chi connectivity index (χ3n) is 5.30. The van der Waals surface area contributed by atoms with E-state index in [2.05, 4.69) is 0 Å². The topological polar surface area (TPSA) is 66.9 Å². The smallest absolute Gasteiger partial charge is 0.381 e. The molecule has 2 saturated heterocycles. The highest BCUT2D eigenvalue weighted by Crippen LogP contribution is 2.25. The summed E-state index contributed by atoms with van der Waals surface area (Å²) in [4.78, 5) is 13.7. The number of rotatable bonds is 5. The zero-order chi connectivity index (χ0) is 21.1. The van der Waals surface area contributed by atoms with Gasteiger partial charge in [0.05, 0.1) is 4.90 Å². The van der Waals surface area contributed by atoms with Crippen molar-refractivity contribution in [2.24, 2.45) is 0 Å². The van der Waals surface area contributed by atoms with Gasteiger partial charge in [-0.15, -0.1) is 0 Å². The number of nitrogens with zero attached hydrogens (tertiary/aromatic N) is 2. The molecular formula is C19H25F3N2O4S. The molecule has 0 aliphatic carbocycles. The van der Waals surface area contributed by atoms with Crippen molar-refractivity contribution >= 4 is 15.9 Å². The van der Waals surface area contributed by atoms with Gasteiger partial charge in [0.1, 0.15) is 6.54 Å². The summed E-state index contributed by atoms with van der Waals surface area (Å²) >= 11 is 0. The highest BCUT2D eigenvalue weighted by atomic mass is 32.2. The molecule has 1 amide bonds. The van der Waals surface area contributed by atoms with Crippen LogP contribution in [0.3, 0.4) is 0 Å². The van der Waals surface area contributed by atoms with E-state index in [0.29, 0.717) is 39.1 Å². The lowest BCUT2D eigenvalue weighted by molar-refractivity contribution is -0.147. The number of piperidine rings is 1. The van der Waals surface area contributed by atoms with Gasteiger partial charge in [-0.25, -0.2) is 8.42 Å². The van der Waals surface area contributed by atoms with Crippen LogP contribution in [0.1, 0.15) is 42.5 Å². The second-order valence-electron chi connectivity index (χ2n) is 7.38. The van der Waals surface area contributed by atoms with Gasteiger partial charge >= 0.3 is 6.18 Å². The standard InChI is InChI=1S/C19H25F3N2O4S/c20-19(21,22)14-24(16-8-12-28-13-9-16)18(25)15-4-6-17(7-5-15)29(26,27)23-10-2-1-3-11-23/h4-7,16H,1-3,8-14H2. The number of amides is 1. The van der Waals surface area contributed by atoms with Gasteiger partial charge in [0.2, 0.25) is 10.0 Å². The van der Waals surface area contributed by atoms with Crippen LogP contribution in [0.2, 0.25) is 0 Å². The Balaban J connectivity index is 1.79. The second-order valence-corrected chi connectivity index (χ2v) is 9.32. The second kappa shape index (κ2) is 9.01. The molecule has 0 bridgehead atoms. The van der Waals surface area contributed by atoms with Crippen molar-refractivity contribution in [3.63, 3.8) is 0 Å². The van der Waals surface area contributed by atoms with Gasteiger partial charge in [0.25, 0.3) is 5.91 Å². The molecule has 162 valence electrons. The Morgan fingerprint density at radius 3 is 2.21 bits per heavy atom. The third kappa shape index (κ3) is 5.49. The lowest BCUT2D eigenvalue weighted by atomic mass is 10.1. The van der Waals surface area contributed by atoms with E-state index in [9.17, 15) is 26.4 Å². The van der Waals surface area contributed by atoms with E-state index < -0.39 is 34.7 Å². The van der Waals surface area contributed by atoms with Crippen LogP contribution in [0.5, 0.6) is 0 Å². The molecule has 0 N–H and O–H groups in total. The number of carbonyl (C=O) groups is 1. The monoisotopic (exact) mass is 434 g/mol. The number of carbonyl (C=O) groups excluding carboxylic acids is 1. The summed E-state index contributed by atoms with van der Waals surface area (Å²) in [6.07, 6.45) is -1.26. The summed E-state index contributed by atoms with van der Waals surface area (Å²) in [5.74, 6) is -0.754. The Hall–Kier alpha value is -1.65. The van der Waals surface area contributed by atoms with Gasteiger partial charge in [0, 0.05) is 37.9 Å². The maximum absolute atomic E-state index is 13.1. The molecule has 10 heteroatoms. The zero-order valence-corrected chi connectivity index (χ0v) is 16.8. The van der Waals surface area contributed by atoms with Crippen LogP contribution in [0.4, 0.5) is 13.2 Å². The molecule has 29 heavy (non-hydrogen) atoms. The van der Waals surface area contributed by atoms with Crippen molar-refractivity contribution < 1.29 is 31.1 Å². The molecule has 6 nitrogen and oxygen atoms in total. The lowest BCUT2D eigenvalue weighted by Crippen LogP contribution is -2.47. The van der Waals surface area contributed by atoms with Crippen molar-refractivity contribution in [3.8, 4) is 0 Å². The van der Waals surface area contributed by atoms with Gasteiger partial charge in [0.15, 0.2) is 0 Å². The number of benzene rings is 1. The molecule has 0 radical (unpaired) electrons. The van der Waals surface area contributed by atoms with Crippen LogP contribution < -0.4 is 0 Å². The Morgan fingerprint density at radius 2 is 1.66 bits per heavy atom. The van der Waals surface area contributed by atoms with Gasteiger partial charge in [-0.05, 0) is 49.9 Å². The number of hydrogen-bond acceptors (Lipinski definition) is 4.